The summed E-state index contributed by atoms with van der Waals surface area (Å²) < 4.78 is 5.85. The zero-order valence-electron chi connectivity index (χ0n) is 12.6. The Bertz CT molecular complexity index is 460. The van der Waals surface area contributed by atoms with Crippen LogP contribution in [0.1, 0.15) is 32.3 Å². The van der Waals surface area contributed by atoms with Gasteiger partial charge in [0.25, 0.3) is 0 Å². The number of nitrogens with zero attached hydrogens (tertiary/aromatic N) is 1. The van der Waals surface area contributed by atoms with Crippen molar-refractivity contribution in [3.05, 3.63) is 29.8 Å². The molecule has 1 aromatic carbocycles. The maximum absolute atomic E-state index is 11.9. The van der Waals surface area contributed by atoms with Crippen molar-refractivity contribution in [2.45, 2.75) is 45.4 Å². The summed E-state index contributed by atoms with van der Waals surface area (Å²) >= 11 is 0. The van der Waals surface area contributed by atoms with Gasteiger partial charge in [-0.15, -0.1) is 0 Å². The van der Waals surface area contributed by atoms with Gasteiger partial charge in [-0.2, -0.15) is 0 Å². The number of likely N-dealkylation sites (tertiary alicyclic amines) is 1. The molecule has 0 aliphatic carbocycles. The number of likely N-dealkylation sites (N-methyl/N-ethyl adjacent to an activating group) is 1. The zero-order valence-corrected chi connectivity index (χ0v) is 12.6. The van der Waals surface area contributed by atoms with Crippen molar-refractivity contribution in [1.82, 2.24) is 10.2 Å². The highest BCUT2D eigenvalue weighted by molar-refractivity contribution is 5.81. The maximum Gasteiger partial charge on any atom is 0.237 e. The standard InChI is InChI=1S/C16H24N2O2/c1-12(2)20-15-9-5-4-7-13(15)11-18-10-6-8-14(18)16(19)17-3/h4-5,7,9,12,14H,6,8,10-11H2,1-3H3,(H,17,19). The van der Waals surface area contributed by atoms with E-state index in [0.717, 1.165) is 37.2 Å². The van der Waals surface area contributed by atoms with E-state index in [-0.39, 0.29) is 18.1 Å². The molecular formula is C16H24N2O2. The first-order valence-corrected chi connectivity index (χ1v) is 7.32. The van der Waals surface area contributed by atoms with E-state index < -0.39 is 0 Å². The smallest absolute Gasteiger partial charge is 0.237 e. The predicted octanol–water partition coefficient (Wildman–Crippen LogP) is 2.18. The molecule has 4 nitrogen and oxygen atoms in total. The van der Waals surface area contributed by atoms with Crippen LogP contribution >= 0.6 is 0 Å². The Morgan fingerprint density at radius 2 is 2.20 bits per heavy atom. The SMILES string of the molecule is CNC(=O)C1CCCN1Cc1ccccc1OC(C)C. The van der Waals surface area contributed by atoms with Gasteiger partial charge in [-0.1, -0.05) is 18.2 Å². The second-order valence-corrected chi connectivity index (χ2v) is 5.52. The fourth-order valence-electron chi connectivity index (χ4n) is 2.70. The quantitative estimate of drug-likeness (QED) is 0.896. The van der Waals surface area contributed by atoms with Gasteiger partial charge in [0.1, 0.15) is 5.75 Å². The van der Waals surface area contributed by atoms with Crippen LogP contribution in [0.3, 0.4) is 0 Å². The first-order chi connectivity index (χ1) is 9.61. The summed E-state index contributed by atoms with van der Waals surface area (Å²) in [5.41, 5.74) is 1.15. The Balaban J connectivity index is 2.11. The fourth-order valence-corrected chi connectivity index (χ4v) is 2.70. The molecule has 0 bridgehead atoms. The summed E-state index contributed by atoms with van der Waals surface area (Å²) in [7, 11) is 1.70. The fraction of sp³-hybridized carbons (Fsp3) is 0.562. The largest absolute Gasteiger partial charge is 0.491 e. The third-order valence-electron chi connectivity index (χ3n) is 3.62. The van der Waals surface area contributed by atoms with Crippen LogP contribution in [0.25, 0.3) is 0 Å². The molecule has 1 fully saturated rings. The number of para-hydroxylation sites is 1. The van der Waals surface area contributed by atoms with Gasteiger partial charge < -0.3 is 10.1 Å². The second kappa shape index (κ2) is 6.75. The van der Waals surface area contributed by atoms with Gasteiger partial charge in [-0.05, 0) is 39.3 Å². The second-order valence-electron chi connectivity index (χ2n) is 5.52. The molecule has 1 amide bonds. The number of nitrogens with one attached hydrogen (secondary N) is 1. The van der Waals surface area contributed by atoms with Crippen LogP contribution < -0.4 is 10.1 Å². The first-order valence-electron chi connectivity index (χ1n) is 7.32. The Hall–Kier alpha value is -1.55. The molecular weight excluding hydrogens is 252 g/mol. The van der Waals surface area contributed by atoms with Crippen LogP contribution in [0.15, 0.2) is 24.3 Å². The Kier molecular flexibility index (Phi) is 5.01. The van der Waals surface area contributed by atoms with Gasteiger partial charge in [0.15, 0.2) is 0 Å². The molecule has 1 saturated heterocycles. The van der Waals surface area contributed by atoms with Gasteiger partial charge >= 0.3 is 0 Å². The van der Waals surface area contributed by atoms with Crippen molar-refractivity contribution in [2.75, 3.05) is 13.6 Å². The predicted molar refractivity (Wildman–Crippen MR) is 79.7 cm³/mol. The molecule has 1 unspecified atom stereocenters. The minimum Gasteiger partial charge on any atom is -0.491 e. The van der Waals surface area contributed by atoms with Gasteiger partial charge in [0, 0.05) is 19.2 Å². The number of carbonyl (C=O) groups is 1. The van der Waals surface area contributed by atoms with Crippen molar-refractivity contribution in [1.29, 1.82) is 0 Å². The van der Waals surface area contributed by atoms with Crippen LogP contribution in [0.4, 0.5) is 0 Å². The van der Waals surface area contributed by atoms with Crippen LogP contribution in [-0.2, 0) is 11.3 Å². The molecule has 1 atom stereocenters. The molecule has 1 aromatic rings. The number of ether oxygens (including phenoxy) is 1. The molecule has 2 rings (SSSR count). The van der Waals surface area contributed by atoms with E-state index in [4.69, 9.17) is 4.74 Å². The van der Waals surface area contributed by atoms with Gasteiger partial charge in [-0.25, -0.2) is 0 Å². The third kappa shape index (κ3) is 3.51. The van der Waals surface area contributed by atoms with Crippen molar-refractivity contribution < 1.29 is 9.53 Å². The number of carbonyl (C=O) groups excluding carboxylic acids is 1. The summed E-state index contributed by atoms with van der Waals surface area (Å²) in [6.45, 7) is 5.79. The number of amides is 1. The van der Waals surface area contributed by atoms with Crippen LogP contribution in [0.2, 0.25) is 0 Å². The number of rotatable bonds is 5. The maximum atomic E-state index is 11.9. The first kappa shape index (κ1) is 14.9. The Labute approximate surface area is 121 Å². The van der Waals surface area contributed by atoms with Gasteiger partial charge in [0.2, 0.25) is 5.91 Å². The lowest BCUT2D eigenvalue weighted by Crippen LogP contribution is -2.41. The average molecular weight is 276 g/mol. The molecule has 1 aliphatic rings. The number of hydrogen-bond donors (Lipinski definition) is 1. The molecule has 1 heterocycles. The Morgan fingerprint density at radius 1 is 1.45 bits per heavy atom. The summed E-state index contributed by atoms with van der Waals surface area (Å²) in [5, 5.41) is 2.76. The van der Waals surface area contributed by atoms with E-state index in [1.165, 1.54) is 0 Å². The van der Waals surface area contributed by atoms with E-state index in [0.29, 0.717) is 0 Å². The van der Waals surface area contributed by atoms with E-state index >= 15 is 0 Å². The monoisotopic (exact) mass is 276 g/mol. The van der Waals surface area contributed by atoms with E-state index in [1.54, 1.807) is 7.05 Å². The van der Waals surface area contributed by atoms with Crippen LogP contribution in [0.5, 0.6) is 5.75 Å². The van der Waals surface area contributed by atoms with E-state index in [2.05, 4.69) is 16.3 Å². The summed E-state index contributed by atoms with van der Waals surface area (Å²) in [6, 6.07) is 8.08. The third-order valence-corrected chi connectivity index (χ3v) is 3.62. The zero-order chi connectivity index (χ0) is 14.5. The minimum atomic E-state index is -0.00731. The molecule has 0 aromatic heterocycles. The lowest BCUT2D eigenvalue weighted by molar-refractivity contribution is -0.125. The molecule has 0 radical (unpaired) electrons. The van der Waals surface area contributed by atoms with E-state index in [1.807, 2.05) is 32.0 Å². The average Bonchev–Trinajstić information content (AvgIpc) is 2.88. The minimum absolute atomic E-state index is 0.00731. The molecule has 0 spiro atoms. The Morgan fingerprint density at radius 3 is 2.90 bits per heavy atom. The summed E-state index contributed by atoms with van der Waals surface area (Å²) in [5.74, 6) is 1.04. The highest BCUT2D eigenvalue weighted by Crippen LogP contribution is 2.25. The highest BCUT2D eigenvalue weighted by Gasteiger charge is 2.30. The molecule has 20 heavy (non-hydrogen) atoms. The van der Waals surface area contributed by atoms with Gasteiger partial charge in [-0.3, -0.25) is 9.69 Å². The van der Waals surface area contributed by atoms with E-state index in [9.17, 15) is 4.79 Å². The van der Waals surface area contributed by atoms with Crippen molar-refractivity contribution in [2.24, 2.45) is 0 Å². The molecule has 0 saturated carbocycles. The summed E-state index contributed by atoms with van der Waals surface area (Å²) in [4.78, 5) is 14.1. The normalized spacial score (nSPS) is 19.3. The highest BCUT2D eigenvalue weighted by atomic mass is 16.5. The number of benzene rings is 1. The lowest BCUT2D eigenvalue weighted by Gasteiger charge is -2.24. The van der Waals surface area contributed by atoms with Crippen molar-refractivity contribution in [3.63, 3.8) is 0 Å². The molecule has 110 valence electrons. The van der Waals surface area contributed by atoms with Crippen LogP contribution in [-0.4, -0.2) is 36.5 Å². The molecule has 4 heteroatoms. The molecule has 1 N–H and O–H groups in total. The lowest BCUT2D eigenvalue weighted by atomic mass is 10.1. The van der Waals surface area contributed by atoms with Crippen LogP contribution in [0, 0.1) is 0 Å². The topological polar surface area (TPSA) is 41.6 Å². The summed E-state index contributed by atoms with van der Waals surface area (Å²) in [6.07, 6.45) is 2.17. The van der Waals surface area contributed by atoms with Crippen molar-refractivity contribution in [3.8, 4) is 5.75 Å². The van der Waals surface area contributed by atoms with Gasteiger partial charge in [0.05, 0.1) is 12.1 Å². The van der Waals surface area contributed by atoms with Crippen molar-refractivity contribution >= 4 is 5.91 Å². The molecule has 1 aliphatic heterocycles. The number of hydrogen-bond acceptors (Lipinski definition) is 3.